The van der Waals surface area contributed by atoms with Crippen molar-refractivity contribution < 1.29 is 24.0 Å². The Bertz CT molecular complexity index is 469. The average molecular weight is 256 g/mol. The highest BCUT2D eigenvalue weighted by atomic mass is 16.5. The molecule has 0 aliphatic rings. The van der Waals surface area contributed by atoms with Gasteiger partial charge in [-0.3, -0.25) is 9.59 Å². The van der Waals surface area contributed by atoms with Gasteiger partial charge in [0.25, 0.3) is 11.7 Å². The van der Waals surface area contributed by atoms with Crippen LogP contribution in [0.25, 0.3) is 0 Å². The maximum absolute atomic E-state index is 11.5. The largest absolute Gasteiger partial charge is 0.480 e. The van der Waals surface area contributed by atoms with E-state index in [0.29, 0.717) is 0 Å². The van der Waals surface area contributed by atoms with Gasteiger partial charge in [-0.15, -0.1) is 0 Å². The summed E-state index contributed by atoms with van der Waals surface area (Å²) in [6.45, 7) is 1.49. The third-order valence-corrected chi connectivity index (χ3v) is 2.01. The molecule has 4 N–H and O–H groups in total. The van der Waals surface area contributed by atoms with Crippen LogP contribution in [0.1, 0.15) is 29.4 Å². The molecule has 9 heteroatoms. The first-order chi connectivity index (χ1) is 8.40. The van der Waals surface area contributed by atoms with Crippen LogP contribution in [0.3, 0.4) is 0 Å². The number of carboxylic acid groups (broad SMARTS) is 1. The molecule has 18 heavy (non-hydrogen) atoms. The standard InChI is InChI=1S/C9H12N4O5/c1-4-11-7(13-18-4)8(15)12-5(9(16)17)2-3-6(10)14/h5H,2-3H2,1H3,(H2,10,14)(H,12,15)(H,16,17)/t5-/m0/s1. The number of nitrogens with zero attached hydrogens (tertiary/aromatic N) is 2. The summed E-state index contributed by atoms with van der Waals surface area (Å²) < 4.78 is 4.58. The molecule has 0 aliphatic heterocycles. The second-order valence-electron chi connectivity index (χ2n) is 3.51. The molecule has 0 aliphatic carbocycles. The van der Waals surface area contributed by atoms with Crippen LogP contribution in [0.4, 0.5) is 0 Å². The summed E-state index contributed by atoms with van der Waals surface area (Å²) in [7, 11) is 0. The van der Waals surface area contributed by atoms with Gasteiger partial charge in [0.1, 0.15) is 6.04 Å². The lowest BCUT2D eigenvalue weighted by Gasteiger charge is -2.11. The number of carbonyl (C=O) groups excluding carboxylic acids is 2. The first kappa shape index (κ1) is 13.6. The maximum atomic E-state index is 11.5. The van der Waals surface area contributed by atoms with E-state index in [-0.39, 0.29) is 24.6 Å². The molecule has 98 valence electrons. The van der Waals surface area contributed by atoms with E-state index in [4.69, 9.17) is 10.8 Å². The van der Waals surface area contributed by atoms with Crippen molar-refractivity contribution in [3.63, 3.8) is 0 Å². The van der Waals surface area contributed by atoms with Crippen LogP contribution in [0.15, 0.2) is 4.52 Å². The third kappa shape index (κ3) is 3.85. The minimum atomic E-state index is -1.27. The lowest BCUT2D eigenvalue weighted by molar-refractivity contribution is -0.139. The molecule has 1 rings (SSSR count). The molecule has 9 nitrogen and oxygen atoms in total. The van der Waals surface area contributed by atoms with E-state index < -0.39 is 23.8 Å². The number of primary amides is 1. The lowest BCUT2D eigenvalue weighted by atomic mass is 10.1. The predicted octanol–water partition coefficient (Wildman–Crippen LogP) is -1.17. The van der Waals surface area contributed by atoms with Gasteiger partial charge in [-0.2, -0.15) is 4.98 Å². The topological polar surface area (TPSA) is 148 Å². The Morgan fingerprint density at radius 3 is 2.61 bits per heavy atom. The molecule has 0 spiro atoms. The van der Waals surface area contributed by atoms with Gasteiger partial charge in [-0.1, -0.05) is 5.16 Å². The minimum Gasteiger partial charge on any atom is -0.480 e. The zero-order valence-electron chi connectivity index (χ0n) is 9.54. The highest BCUT2D eigenvalue weighted by molar-refractivity contribution is 5.93. The fourth-order valence-electron chi connectivity index (χ4n) is 1.16. The molecule has 0 unspecified atom stereocenters. The van der Waals surface area contributed by atoms with E-state index in [2.05, 4.69) is 20.0 Å². The molecular formula is C9H12N4O5. The van der Waals surface area contributed by atoms with Gasteiger partial charge < -0.3 is 20.7 Å². The van der Waals surface area contributed by atoms with Crippen LogP contribution in [0.5, 0.6) is 0 Å². The van der Waals surface area contributed by atoms with E-state index in [1.165, 1.54) is 6.92 Å². The van der Waals surface area contributed by atoms with Crippen LogP contribution < -0.4 is 11.1 Å². The number of rotatable bonds is 6. The van der Waals surface area contributed by atoms with Crippen molar-refractivity contribution in [2.45, 2.75) is 25.8 Å². The highest BCUT2D eigenvalue weighted by Crippen LogP contribution is 2.00. The molecule has 1 aromatic rings. The second kappa shape index (κ2) is 5.75. The maximum Gasteiger partial charge on any atom is 0.326 e. The summed E-state index contributed by atoms with van der Waals surface area (Å²) in [6.07, 6.45) is -0.254. The summed E-state index contributed by atoms with van der Waals surface area (Å²) >= 11 is 0. The molecule has 0 bridgehead atoms. The number of carboxylic acids is 1. The van der Waals surface area contributed by atoms with Crippen molar-refractivity contribution in [3.05, 3.63) is 11.7 Å². The summed E-state index contributed by atoms with van der Waals surface area (Å²) in [4.78, 5) is 36.6. The molecule has 1 aromatic heterocycles. The first-order valence-electron chi connectivity index (χ1n) is 5.02. The van der Waals surface area contributed by atoms with Gasteiger partial charge in [0.2, 0.25) is 11.8 Å². The number of aliphatic carboxylic acids is 1. The van der Waals surface area contributed by atoms with Gasteiger partial charge in [0.05, 0.1) is 0 Å². The summed E-state index contributed by atoms with van der Waals surface area (Å²) in [6, 6.07) is -1.23. The number of nitrogens with one attached hydrogen (secondary N) is 1. The van der Waals surface area contributed by atoms with Crippen LogP contribution in [-0.2, 0) is 9.59 Å². The lowest BCUT2D eigenvalue weighted by Crippen LogP contribution is -2.41. The molecule has 0 saturated heterocycles. The van der Waals surface area contributed by atoms with E-state index >= 15 is 0 Å². The van der Waals surface area contributed by atoms with E-state index in [0.717, 1.165) is 0 Å². The molecule has 0 saturated carbocycles. The van der Waals surface area contributed by atoms with Crippen LogP contribution in [0, 0.1) is 6.92 Å². The van der Waals surface area contributed by atoms with Crippen molar-refractivity contribution >= 4 is 17.8 Å². The zero-order valence-corrected chi connectivity index (χ0v) is 9.54. The highest BCUT2D eigenvalue weighted by Gasteiger charge is 2.23. The second-order valence-corrected chi connectivity index (χ2v) is 3.51. The zero-order chi connectivity index (χ0) is 13.7. The Morgan fingerprint density at radius 2 is 2.17 bits per heavy atom. The van der Waals surface area contributed by atoms with Crippen LogP contribution >= 0.6 is 0 Å². The molecular weight excluding hydrogens is 244 g/mol. The third-order valence-electron chi connectivity index (χ3n) is 2.01. The molecule has 1 atom stereocenters. The number of hydrogen-bond acceptors (Lipinski definition) is 6. The van der Waals surface area contributed by atoms with Crippen molar-refractivity contribution in [2.75, 3.05) is 0 Å². The normalized spacial score (nSPS) is 11.8. The van der Waals surface area contributed by atoms with Crippen molar-refractivity contribution in [1.82, 2.24) is 15.5 Å². The smallest absolute Gasteiger partial charge is 0.326 e. The predicted molar refractivity (Wildman–Crippen MR) is 56.4 cm³/mol. The summed E-state index contributed by atoms with van der Waals surface area (Å²) in [5.41, 5.74) is 4.90. The SMILES string of the molecule is Cc1nc(C(=O)N[C@@H](CCC(N)=O)C(=O)O)no1. The number of aryl methyl sites for hydroxylation is 1. The Kier molecular flexibility index (Phi) is 4.35. The number of nitrogens with two attached hydrogens (primary N) is 1. The fraction of sp³-hybridized carbons (Fsp3) is 0.444. The Balaban J connectivity index is 2.63. The number of carbonyl (C=O) groups is 3. The van der Waals surface area contributed by atoms with E-state index in [1.54, 1.807) is 0 Å². The van der Waals surface area contributed by atoms with E-state index in [9.17, 15) is 14.4 Å². The summed E-state index contributed by atoms with van der Waals surface area (Å²) in [5, 5.41) is 14.4. The van der Waals surface area contributed by atoms with Crippen molar-refractivity contribution in [2.24, 2.45) is 5.73 Å². The van der Waals surface area contributed by atoms with Crippen molar-refractivity contribution in [3.8, 4) is 0 Å². The Hall–Kier alpha value is -2.45. The minimum absolute atomic E-state index is 0.104. The Labute approximate surface area is 101 Å². The first-order valence-corrected chi connectivity index (χ1v) is 5.02. The van der Waals surface area contributed by atoms with Crippen molar-refractivity contribution in [1.29, 1.82) is 0 Å². The average Bonchev–Trinajstić information content (AvgIpc) is 2.70. The van der Waals surface area contributed by atoms with Gasteiger partial charge in [-0.25, -0.2) is 4.79 Å². The number of aromatic nitrogens is 2. The number of hydrogen-bond donors (Lipinski definition) is 3. The number of amides is 2. The quantitative estimate of drug-likeness (QED) is 0.580. The molecule has 0 radical (unpaired) electrons. The molecule has 0 aromatic carbocycles. The summed E-state index contributed by atoms with van der Waals surface area (Å²) in [5.74, 6) is -2.79. The molecule has 0 fully saturated rings. The Morgan fingerprint density at radius 1 is 1.50 bits per heavy atom. The van der Waals surface area contributed by atoms with Crippen LogP contribution in [-0.4, -0.2) is 39.1 Å². The molecule has 2 amide bonds. The van der Waals surface area contributed by atoms with E-state index in [1.807, 2.05) is 0 Å². The fourth-order valence-corrected chi connectivity index (χ4v) is 1.16. The van der Waals surface area contributed by atoms with Gasteiger partial charge in [-0.05, 0) is 6.42 Å². The van der Waals surface area contributed by atoms with Gasteiger partial charge in [0, 0.05) is 13.3 Å². The van der Waals surface area contributed by atoms with Crippen LogP contribution in [0.2, 0.25) is 0 Å². The van der Waals surface area contributed by atoms with Gasteiger partial charge >= 0.3 is 5.97 Å². The molecule has 1 heterocycles. The van der Waals surface area contributed by atoms with Gasteiger partial charge in [0.15, 0.2) is 0 Å². The monoisotopic (exact) mass is 256 g/mol.